The Balaban J connectivity index is 2.17. The van der Waals surface area contributed by atoms with E-state index in [1.165, 1.54) is 0 Å². The number of hydrogen-bond acceptors (Lipinski definition) is 2. The van der Waals surface area contributed by atoms with Crippen molar-refractivity contribution in [2.75, 3.05) is 0 Å². The highest BCUT2D eigenvalue weighted by atomic mass is 127. The normalized spacial score (nSPS) is 12.6. The van der Waals surface area contributed by atoms with Gasteiger partial charge in [-0.3, -0.25) is 4.98 Å². The maximum absolute atomic E-state index is 10.7. The second-order valence-corrected chi connectivity index (χ2v) is 6.60. The fourth-order valence-electron chi connectivity index (χ4n) is 2.25. The monoisotopic (exact) mass is 439 g/mol. The van der Waals surface area contributed by atoms with E-state index < -0.39 is 6.10 Å². The van der Waals surface area contributed by atoms with E-state index in [0.29, 0.717) is 0 Å². The van der Waals surface area contributed by atoms with Gasteiger partial charge in [-0.2, -0.15) is 0 Å². The van der Waals surface area contributed by atoms with Crippen molar-refractivity contribution in [2.24, 2.45) is 0 Å². The molecule has 2 aromatic carbocycles. The van der Waals surface area contributed by atoms with Crippen LogP contribution in [0.3, 0.4) is 0 Å². The molecule has 2 nitrogen and oxygen atoms in total. The van der Waals surface area contributed by atoms with Crippen LogP contribution in [0.15, 0.2) is 59.3 Å². The number of benzene rings is 2. The second-order valence-electron chi connectivity index (χ2n) is 4.52. The Morgan fingerprint density at radius 3 is 2.70 bits per heavy atom. The van der Waals surface area contributed by atoms with E-state index in [1.54, 1.807) is 6.20 Å². The molecule has 0 spiro atoms. The van der Waals surface area contributed by atoms with Crippen molar-refractivity contribution in [1.29, 1.82) is 0 Å². The van der Waals surface area contributed by atoms with Crippen LogP contribution in [0, 0.1) is 3.57 Å². The Bertz CT molecular complexity index is 770. The van der Waals surface area contributed by atoms with E-state index in [1.807, 2.05) is 48.7 Å². The highest BCUT2D eigenvalue weighted by molar-refractivity contribution is 14.1. The molecule has 0 radical (unpaired) electrons. The molecule has 0 aliphatic rings. The summed E-state index contributed by atoms with van der Waals surface area (Å²) in [6.45, 7) is 0. The maximum atomic E-state index is 10.7. The summed E-state index contributed by atoms with van der Waals surface area (Å²) in [5.41, 5.74) is 1.72. The van der Waals surface area contributed by atoms with E-state index in [2.05, 4.69) is 43.5 Å². The zero-order valence-electron chi connectivity index (χ0n) is 10.4. The van der Waals surface area contributed by atoms with Crippen LogP contribution >= 0.6 is 38.5 Å². The van der Waals surface area contributed by atoms with Gasteiger partial charge in [-0.05, 0) is 51.7 Å². The standard InChI is InChI=1S/C16H11BrINO/c17-11-5-6-15(18)13(7-11)16(20)14-9-19-8-10-3-1-2-4-12(10)14/h1-9,16,20H. The third-order valence-corrected chi connectivity index (χ3v) is 4.72. The molecular formula is C16H11BrINO. The number of rotatable bonds is 2. The Labute approximate surface area is 139 Å². The lowest BCUT2D eigenvalue weighted by Crippen LogP contribution is -2.03. The summed E-state index contributed by atoms with van der Waals surface area (Å²) in [6, 6.07) is 13.9. The molecule has 3 aromatic rings. The number of nitrogens with zero attached hydrogens (tertiary/aromatic N) is 1. The fourth-order valence-corrected chi connectivity index (χ4v) is 3.26. The van der Waals surface area contributed by atoms with Gasteiger partial charge in [0.1, 0.15) is 6.10 Å². The van der Waals surface area contributed by atoms with Crippen molar-refractivity contribution >= 4 is 49.3 Å². The first-order valence-electron chi connectivity index (χ1n) is 6.12. The number of hydrogen-bond donors (Lipinski definition) is 1. The molecule has 20 heavy (non-hydrogen) atoms. The third kappa shape index (κ3) is 2.60. The first kappa shape index (κ1) is 14.0. The van der Waals surface area contributed by atoms with Gasteiger partial charge in [0.25, 0.3) is 0 Å². The number of aliphatic hydroxyl groups is 1. The predicted octanol–water partition coefficient (Wildman–Crippen LogP) is 4.68. The molecule has 3 rings (SSSR count). The summed E-state index contributed by atoms with van der Waals surface area (Å²) in [4.78, 5) is 4.24. The zero-order valence-corrected chi connectivity index (χ0v) is 14.2. The summed E-state index contributed by atoms with van der Waals surface area (Å²) in [5.74, 6) is 0. The van der Waals surface area contributed by atoms with Gasteiger partial charge in [0, 0.05) is 31.4 Å². The summed E-state index contributed by atoms with van der Waals surface area (Å²) in [6.07, 6.45) is 2.87. The van der Waals surface area contributed by atoms with Crippen LogP contribution < -0.4 is 0 Å². The van der Waals surface area contributed by atoms with Gasteiger partial charge in [0.15, 0.2) is 0 Å². The van der Waals surface area contributed by atoms with Gasteiger partial charge < -0.3 is 5.11 Å². The molecule has 0 aliphatic heterocycles. The van der Waals surface area contributed by atoms with E-state index in [9.17, 15) is 5.11 Å². The van der Waals surface area contributed by atoms with Crippen LogP contribution in [0.25, 0.3) is 10.8 Å². The summed E-state index contributed by atoms with van der Waals surface area (Å²) >= 11 is 5.70. The molecule has 1 aromatic heterocycles. The first-order chi connectivity index (χ1) is 9.66. The second kappa shape index (κ2) is 5.79. The van der Waals surface area contributed by atoms with E-state index in [0.717, 1.165) is 29.9 Å². The Morgan fingerprint density at radius 2 is 1.85 bits per heavy atom. The van der Waals surface area contributed by atoms with Gasteiger partial charge in [-0.15, -0.1) is 0 Å². The lowest BCUT2D eigenvalue weighted by molar-refractivity contribution is 0.220. The van der Waals surface area contributed by atoms with Crippen molar-refractivity contribution in [3.63, 3.8) is 0 Å². The highest BCUT2D eigenvalue weighted by Gasteiger charge is 2.16. The topological polar surface area (TPSA) is 33.1 Å². The average Bonchev–Trinajstić information content (AvgIpc) is 2.48. The quantitative estimate of drug-likeness (QED) is 0.588. The summed E-state index contributed by atoms with van der Waals surface area (Å²) < 4.78 is 1.99. The molecule has 0 amide bonds. The number of aromatic nitrogens is 1. The zero-order chi connectivity index (χ0) is 14.1. The Hall–Kier alpha value is -0.980. The minimum atomic E-state index is -0.682. The largest absolute Gasteiger partial charge is 0.384 e. The molecule has 0 bridgehead atoms. The third-order valence-electron chi connectivity index (χ3n) is 3.25. The number of pyridine rings is 1. The number of halogens is 2. The van der Waals surface area contributed by atoms with Crippen molar-refractivity contribution in [2.45, 2.75) is 6.10 Å². The molecule has 100 valence electrons. The van der Waals surface area contributed by atoms with Gasteiger partial charge in [-0.1, -0.05) is 40.2 Å². The molecule has 4 heteroatoms. The highest BCUT2D eigenvalue weighted by Crippen LogP contribution is 2.32. The van der Waals surface area contributed by atoms with Crippen LogP contribution in [0.2, 0.25) is 0 Å². The first-order valence-corrected chi connectivity index (χ1v) is 7.99. The van der Waals surface area contributed by atoms with Gasteiger partial charge in [-0.25, -0.2) is 0 Å². The number of fused-ring (bicyclic) bond motifs is 1. The average molecular weight is 440 g/mol. The minimum Gasteiger partial charge on any atom is -0.384 e. The van der Waals surface area contributed by atoms with E-state index in [-0.39, 0.29) is 0 Å². The van der Waals surface area contributed by atoms with E-state index >= 15 is 0 Å². The smallest absolute Gasteiger partial charge is 0.107 e. The van der Waals surface area contributed by atoms with Crippen molar-refractivity contribution in [3.05, 3.63) is 74.0 Å². The van der Waals surface area contributed by atoms with Crippen LogP contribution in [0.1, 0.15) is 17.2 Å². The molecule has 0 saturated carbocycles. The SMILES string of the molecule is OC(c1cc(Br)ccc1I)c1cncc2ccccc12. The van der Waals surface area contributed by atoms with Gasteiger partial charge in [0.2, 0.25) is 0 Å². The fraction of sp³-hybridized carbons (Fsp3) is 0.0625. The molecule has 0 saturated heterocycles. The molecular weight excluding hydrogens is 429 g/mol. The predicted molar refractivity (Wildman–Crippen MR) is 92.7 cm³/mol. The lowest BCUT2D eigenvalue weighted by atomic mass is 9.98. The van der Waals surface area contributed by atoms with Crippen LogP contribution in [0.4, 0.5) is 0 Å². The molecule has 1 heterocycles. The molecule has 1 N–H and O–H groups in total. The van der Waals surface area contributed by atoms with Crippen molar-refractivity contribution in [1.82, 2.24) is 4.98 Å². The van der Waals surface area contributed by atoms with Gasteiger partial charge in [0.05, 0.1) is 0 Å². The van der Waals surface area contributed by atoms with Crippen molar-refractivity contribution < 1.29 is 5.11 Å². The maximum Gasteiger partial charge on any atom is 0.107 e. The molecule has 0 aliphatic carbocycles. The Kier molecular flexibility index (Phi) is 4.05. The lowest BCUT2D eigenvalue weighted by Gasteiger charge is -2.15. The molecule has 0 fully saturated rings. The molecule has 1 atom stereocenters. The van der Waals surface area contributed by atoms with Crippen LogP contribution in [0.5, 0.6) is 0 Å². The summed E-state index contributed by atoms with van der Waals surface area (Å²) in [5, 5.41) is 12.8. The molecule has 1 unspecified atom stereocenters. The Morgan fingerprint density at radius 1 is 1.05 bits per heavy atom. The summed E-state index contributed by atoms with van der Waals surface area (Å²) in [7, 11) is 0. The minimum absolute atomic E-state index is 0.682. The van der Waals surface area contributed by atoms with E-state index in [4.69, 9.17) is 0 Å². The van der Waals surface area contributed by atoms with Gasteiger partial charge >= 0.3 is 0 Å². The van der Waals surface area contributed by atoms with Crippen LogP contribution in [-0.4, -0.2) is 10.1 Å². The van der Waals surface area contributed by atoms with Crippen molar-refractivity contribution in [3.8, 4) is 0 Å². The number of aliphatic hydroxyl groups excluding tert-OH is 1. The van der Waals surface area contributed by atoms with Crippen LogP contribution in [-0.2, 0) is 0 Å².